The van der Waals surface area contributed by atoms with Gasteiger partial charge in [-0.1, -0.05) is 39.3 Å². The third kappa shape index (κ3) is 4.12. The van der Waals surface area contributed by atoms with E-state index in [0.29, 0.717) is 32.5 Å². The molecule has 2 bridgehead atoms. The Morgan fingerprint density at radius 3 is 2.46 bits per heavy atom. The van der Waals surface area contributed by atoms with Crippen molar-refractivity contribution in [1.29, 1.82) is 0 Å². The van der Waals surface area contributed by atoms with Crippen LogP contribution >= 0.6 is 0 Å². The van der Waals surface area contributed by atoms with Crippen molar-refractivity contribution in [3.63, 3.8) is 0 Å². The molecule has 3 aliphatic heterocycles. The molecule has 3 unspecified atom stereocenters. The van der Waals surface area contributed by atoms with Crippen LogP contribution in [0.3, 0.4) is 0 Å². The van der Waals surface area contributed by atoms with Crippen molar-refractivity contribution in [3.05, 3.63) is 25.3 Å². The van der Waals surface area contributed by atoms with E-state index in [2.05, 4.69) is 20.1 Å². The van der Waals surface area contributed by atoms with Gasteiger partial charge >= 0.3 is 0 Å². The van der Waals surface area contributed by atoms with Crippen LogP contribution in [-0.2, 0) is 19.1 Å². The highest BCUT2D eigenvalue weighted by Crippen LogP contribution is 2.65. The number of likely N-dealkylation sites (tertiary alicyclic amines) is 1. The van der Waals surface area contributed by atoms with Gasteiger partial charge in [0.2, 0.25) is 17.7 Å². The smallest absolute Gasteiger partial charge is 0.248 e. The van der Waals surface area contributed by atoms with Crippen LogP contribution in [0.4, 0.5) is 0 Å². The minimum Gasteiger partial charge on any atom is -0.394 e. The fourth-order valence-electron chi connectivity index (χ4n) is 6.63. The Kier molecular flexibility index (Phi) is 8.16. The predicted molar refractivity (Wildman–Crippen MR) is 134 cm³/mol. The van der Waals surface area contributed by atoms with E-state index in [4.69, 9.17) is 4.74 Å². The zero-order valence-corrected chi connectivity index (χ0v) is 22.0. The minimum atomic E-state index is -1.11. The normalized spacial score (nSPS) is 34.0. The first-order chi connectivity index (χ1) is 16.6. The lowest BCUT2D eigenvalue weighted by Crippen LogP contribution is -2.59. The molecular formula is C27H43N3O5. The van der Waals surface area contributed by atoms with Crippen LogP contribution < -0.4 is 0 Å². The summed E-state index contributed by atoms with van der Waals surface area (Å²) in [6, 6.07) is -1.42. The van der Waals surface area contributed by atoms with Crippen molar-refractivity contribution < 1.29 is 24.2 Å². The Bertz CT molecular complexity index is 858. The molecule has 0 aromatic carbocycles. The summed E-state index contributed by atoms with van der Waals surface area (Å²) in [5, 5.41) is 10.2. The highest BCUT2D eigenvalue weighted by Gasteiger charge is 2.80. The predicted octanol–water partition coefficient (Wildman–Crippen LogP) is 2.23. The van der Waals surface area contributed by atoms with Gasteiger partial charge in [0, 0.05) is 26.7 Å². The Morgan fingerprint density at radius 2 is 1.91 bits per heavy atom. The van der Waals surface area contributed by atoms with Crippen molar-refractivity contribution in [3.8, 4) is 0 Å². The first-order valence-electron chi connectivity index (χ1n) is 13.0. The molecule has 7 atom stereocenters. The maximum absolute atomic E-state index is 14.2. The van der Waals surface area contributed by atoms with Crippen LogP contribution in [0.5, 0.6) is 0 Å². The quantitative estimate of drug-likeness (QED) is 0.425. The molecule has 1 N–H and O–H groups in total. The molecule has 0 radical (unpaired) electrons. The van der Waals surface area contributed by atoms with E-state index >= 15 is 0 Å². The van der Waals surface area contributed by atoms with Crippen molar-refractivity contribution in [2.45, 2.75) is 76.7 Å². The molecule has 0 aromatic heterocycles. The number of hydrogen-bond donors (Lipinski definition) is 1. The van der Waals surface area contributed by atoms with Crippen LogP contribution in [0.1, 0.15) is 53.4 Å². The summed E-state index contributed by atoms with van der Waals surface area (Å²) in [5.74, 6) is -2.12. The van der Waals surface area contributed by atoms with Gasteiger partial charge in [-0.05, 0) is 32.1 Å². The van der Waals surface area contributed by atoms with Crippen LogP contribution in [0.2, 0.25) is 0 Å². The number of ether oxygens (including phenoxy) is 1. The fourth-order valence-corrected chi connectivity index (χ4v) is 6.63. The van der Waals surface area contributed by atoms with E-state index in [9.17, 15) is 19.5 Å². The van der Waals surface area contributed by atoms with Crippen LogP contribution in [0, 0.1) is 17.8 Å². The van der Waals surface area contributed by atoms with Crippen LogP contribution in [-0.4, -0.2) is 94.1 Å². The van der Waals surface area contributed by atoms with Gasteiger partial charge in [-0.15, -0.1) is 13.2 Å². The summed E-state index contributed by atoms with van der Waals surface area (Å²) in [5.41, 5.74) is -1.96. The SMILES string of the molecule is C=CCN(C)C(=O)[C@H]1[C@H]2C(=O)N([C@@H](CC)CO)C(C(=O)N(CC=C)CCCC)C23CC(C)[C@]1(C)O3. The van der Waals surface area contributed by atoms with Crippen molar-refractivity contribution >= 4 is 17.7 Å². The molecule has 8 heteroatoms. The lowest BCUT2D eigenvalue weighted by Gasteiger charge is -2.39. The maximum atomic E-state index is 14.2. The summed E-state index contributed by atoms with van der Waals surface area (Å²) >= 11 is 0. The van der Waals surface area contributed by atoms with Gasteiger partial charge in [0.05, 0.1) is 30.1 Å². The number of aliphatic hydroxyl groups is 1. The molecule has 3 heterocycles. The number of fused-ring (bicyclic) bond motifs is 1. The Balaban J connectivity index is 2.15. The van der Waals surface area contributed by atoms with Gasteiger partial charge in [0.15, 0.2) is 0 Å². The van der Waals surface area contributed by atoms with Crippen LogP contribution in [0.15, 0.2) is 25.3 Å². The summed E-state index contributed by atoms with van der Waals surface area (Å²) in [4.78, 5) is 46.9. The zero-order chi connectivity index (χ0) is 26.1. The molecule has 0 aliphatic carbocycles. The van der Waals surface area contributed by atoms with E-state index in [1.165, 1.54) is 0 Å². The third-order valence-corrected chi connectivity index (χ3v) is 8.55. The van der Waals surface area contributed by atoms with Gasteiger partial charge in [-0.3, -0.25) is 14.4 Å². The van der Waals surface area contributed by atoms with E-state index in [-0.39, 0.29) is 30.2 Å². The highest BCUT2D eigenvalue weighted by atomic mass is 16.5. The standard InChI is InChI=1S/C27H43N3O5/c1-8-12-15-29(14-10-3)25(34)22-27-16-18(5)26(6,35-27)20(23(32)28(7)13-9-2)21(27)24(33)30(22)19(11-4)17-31/h9-10,18-22,31H,2-3,8,11-17H2,1,4-7H3/t18?,19-,20+,21-,22?,26-,27?/m0/s1. The van der Waals surface area contributed by atoms with E-state index < -0.39 is 35.1 Å². The topological polar surface area (TPSA) is 90.4 Å². The first-order valence-corrected chi connectivity index (χ1v) is 13.0. The number of likely N-dealkylation sites (N-methyl/N-ethyl adjacent to an activating group) is 1. The number of rotatable bonds is 12. The van der Waals surface area contributed by atoms with Crippen molar-refractivity contribution in [2.24, 2.45) is 17.8 Å². The molecule has 3 aliphatic rings. The third-order valence-electron chi connectivity index (χ3n) is 8.55. The lowest BCUT2D eigenvalue weighted by molar-refractivity contribution is -0.157. The molecule has 8 nitrogen and oxygen atoms in total. The number of carbonyl (C=O) groups is 3. The molecule has 3 amide bonds. The van der Waals surface area contributed by atoms with E-state index in [1.54, 1.807) is 33.9 Å². The Labute approximate surface area is 210 Å². The number of nitrogens with zero attached hydrogens (tertiary/aromatic N) is 3. The second kappa shape index (κ2) is 10.4. The van der Waals surface area contributed by atoms with Crippen molar-refractivity contribution in [1.82, 2.24) is 14.7 Å². The Hall–Kier alpha value is -2.19. The lowest BCUT2D eigenvalue weighted by atomic mass is 9.62. The molecular weight excluding hydrogens is 446 g/mol. The average Bonchev–Trinajstić information content (AvgIpc) is 3.34. The van der Waals surface area contributed by atoms with Gasteiger partial charge in [0.1, 0.15) is 11.6 Å². The molecule has 3 fully saturated rings. The zero-order valence-electron chi connectivity index (χ0n) is 22.0. The second-order valence-electron chi connectivity index (χ2n) is 10.6. The largest absolute Gasteiger partial charge is 0.394 e. The summed E-state index contributed by atoms with van der Waals surface area (Å²) in [6.45, 7) is 16.5. The number of carbonyl (C=O) groups excluding carboxylic acids is 3. The van der Waals surface area contributed by atoms with Gasteiger partial charge in [-0.2, -0.15) is 0 Å². The second-order valence-corrected chi connectivity index (χ2v) is 10.6. The molecule has 3 saturated heterocycles. The first kappa shape index (κ1) is 27.4. The number of amides is 3. The van der Waals surface area contributed by atoms with E-state index in [0.717, 1.165) is 12.8 Å². The highest BCUT2D eigenvalue weighted by molar-refractivity contribution is 5.99. The van der Waals surface area contributed by atoms with Gasteiger partial charge in [0.25, 0.3) is 0 Å². The number of hydrogen-bond acceptors (Lipinski definition) is 5. The summed E-state index contributed by atoms with van der Waals surface area (Å²) in [7, 11) is 1.70. The average molecular weight is 490 g/mol. The molecule has 35 heavy (non-hydrogen) atoms. The van der Waals surface area contributed by atoms with Gasteiger partial charge in [-0.25, -0.2) is 0 Å². The molecule has 196 valence electrons. The van der Waals surface area contributed by atoms with Crippen molar-refractivity contribution in [2.75, 3.05) is 33.3 Å². The molecule has 3 rings (SSSR count). The number of unbranched alkanes of at least 4 members (excludes halogenated alkanes) is 1. The molecule has 1 spiro atoms. The minimum absolute atomic E-state index is 0.0226. The summed E-state index contributed by atoms with van der Waals surface area (Å²) in [6.07, 6.45) is 6.11. The summed E-state index contributed by atoms with van der Waals surface area (Å²) < 4.78 is 6.76. The molecule has 0 aromatic rings. The van der Waals surface area contributed by atoms with Crippen LogP contribution in [0.25, 0.3) is 0 Å². The fraction of sp³-hybridized carbons (Fsp3) is 0.741. The number of aliphatic hydroxyl groups excluding tert-OH is 1. The van der Waals surface area contributed by atoms with Gasteiger partial charge < -0.3 is 24.5 Å². The Morgan fingerprint density at radius 1 is 1.26 bits per heavy atom. The molecule has 0 saturated carbocycles. The maximum Gasteiger partial charge on any atom is 0.248 e. The van der Waals surface area contributed by atoms with E-state index in [1.807, 2.05) is 20.8 Å². The monoisotopic (exact) mass is 489 g/mol.